The number of methoxy groups -OCH3 is 3. The van der Waals surface area contributed by atoms with Crippen LogP contribution >= 0.6 is 11.3 Å². The van der Waals surface area contributed by atoms with E-state index in [1.807, 2.05) is 17.4 Å². The van der Waals surface area contributed by atoms with E-state index in [2.05, 4.69) is 73.9 Å². The molecule has 1 aliphatic rings. The summed E-state index contributed by atoms with van der Waals surface area (Å²) in [5, 5.41) is 0. The van der Waals surface area contributed by atoms with Gasteiger partial charge in [0.05, 0.1) is 21.3 Å². The Kier molecular flexibility index (Phi) is 11.8. The fourth-order valence-electron chi connectivity index (χ4n) is 6.12. The van der Waals surface area contributed by atoms with Gasteiger partial charge in [-0.3, -0.25) is 4.90 Å². The molecule has 2 aromatic carbocycles. The third-order valence-electron chi connectivity index (χ3n) is 8.68. The monoisotopic (exact) mass is 592 g/mol. The highest BCUT2D eigenvalue weighted by molar-refractivity contribution is 7.11. The smallest absolute Gasteiger partial charge is 0.203 e. The van der Waals surface area contributed by atoms with Crippen LogP contribution in [0.2, 0.25) is 0 Å². The summed E-state index contributed by atoms with van der Waals surface area (Å²) in [5.41, 5.74) is 5.71. The maximum Gasteiger partial charge on any atom is 0.203 e. The number of benzene rings is 2. The summed E-state index contributed by atoms with van der Waals surface area (Å²) in [6, 6.07) is 15.7. The van der Waals surface area contributed by atoms with Crippen molar-refractivity contribution in [1.82, 2.24) is 9.80 Å². The van der Waals surface area contributed by atoms with Gasteiger partial charge in [-0.05, 0) is 88.1 Å². The lowest BCUT2D eigenvalue weighted by molar-refractivity contribution is 0.112. The molecule has 0 amide bonds. The first kappa shape index (κ1) is 32.4. The van der Waals surface area contributed by atoms with E-state index in [4.69, 9.17) is 14.2 Å². The summed E-state index contributed by atoms with van der Waals surface area (Å²) in [6.07, 6.45) is 7.26. The lowest BCUT2D eigenvalue weighted by Gasteiger charge is -2.36. The van der Waals surface area contributed by atoms with Crippen molar-refractivity contribution in [2.45, 2.75) is 72.8 Å². The minimum atomic E-state index is 0.345. The number of nitrogens with zero attached hydrogens (tertiary/aromatic N) is 2. The van der Waals surface area contributed by atoms with Crippen LogP contribution in [0.1, 0.15) is 65.1 Å². The second kappa shape index (κ2) is 15.3. The average molecular weight is 593 g/mol. The molecule has 1 aliphatic heterocycles. The van der Waals surface area contributed by atoms with Crippen molar-refractivity contribution in [2.75, 3.05) is 54.1 Å². The molecule has 0 bridgehead atoms. The van der Waals surface area contributed by atoms with Crippen molar-refractivity contribution < 1.29 is 14.2 Å². The van der Waals surface area contributed by atoms with Gasteiger partial charge in [0, 0.05) is 48.0 Å². The standard InChI is InChI=1S/C36H52N2O3S/c1-27-23-28(2)25-29(24-27)9-8-10-31-12-13-32(42-31)15-16-36(3,4)17-18-37-19-21-38(22-20-37)26-30-11-14-33(39-5)35(41-7)34(30)40-6/h11-14,23-25H,8-10,15-22,26H2,1-7H3. The van der Waals surface area contributed by atoms with Gasteiger partial charge in [0.15, 0.2) is 11.5 Å². The van der Waals surface area contributed by atoms with Gasteiger partial charge in [-0.1, -0.05) is 49.2 Å². The number of aryl methyl sites for hydroxylation is 5. The van der Waals surface area contributed by atoms with E-state index in [0.29, 0.717) is 16.9 Å². The number of hydrogen-bond donors (Lipinski definition) is 0. The van der Waals surface area contributed by atoms with E-state index in [-0.39, 0.29) is 0 Å². The average Bonchev–Trinajstić information content (AvgIpc) is 3.43. The van der Waals surface area contributed by atoms with E-state index in [1.165, 1.54) is 66.6 Å². The van der Waals surface area contributed by atoms with Crippen molar-refractivity contribution in [3.05, 3.63) is 74.5 Å². The molecular weight excluding hydrogens is 540 g/mol. The molecule has 42 heavy (non-hydrogen) atoms. The molecule has 0 N–H and O–H groups in total. The molecule has 5 nitrogen and oxygen atoms in total. The molecule has 0 spiro atoms. The molecule has 6 heteroatoms. The third kappa shape index (κ3) is 9.23. The van der Waals surface area contributed by atoms with Gasteiger partial charge < -0.3 is 19.1 Å². The van der Waals surface area contributed by atoms with Gasteiger partial charge in [0.2, 0.25) is 5.75 Å². The summed E-state index contributed by atoms with van der Waals surface area (Å²) in [6.45, 7) is 15.7. The van der Waals surface area contributed by atoms with E-state index in [0.717, 1.165) is 44.0 Å². The van der Waals surface area contributed by atoms with Crippen LogP contribution in [0.25, 0.3) is 0 Å². The highest BCUT2D eigenvalue weighted by Gasteiger charge is 2.24. The summed E-state index contributed by atoms with van der Waals surface area (Å²) in [5.74, 6) is 2.15. The van der Waals surface area contributed by atoms with Crippen LogP contribution in [0.4, 0.5) is 0 Å². The molecule has 1 saturated heterocycles. The molecule has 0 radical (unpaired) electrons. The van der Waals surface area contributed by atoms with Gasteiger partial charge >= 0.3 is 0 Å². The summed E-state index contributed by atoms with van der Waals surface area (Å²) in [7, 11) is 5.02. The van der Waals surface area contributed by atoms with Gasteiger partial charge in [-0.2, -0.15) is 0 Å². The number of piperazine rings is 1. The Balaban J connectivity index is 1.16. The Morgan fingerprint density at radius 2 is 1.36 bits per heavy atom. The van der Waals surface area contributed by atoms with Crippen LogP contribution in [-0.2, 0) is 25.8 Å². The Labute approximate surface area is 258 Å². The molecule has 2 heterocycles. The molecule has 3 aromatic rings. The number of hydrogen-bond acceptors (Lipinski definition) is 6. The summed E-state index contributed by atoms with van der Waals surface area (Å²) in [4.78, 5) is 8.24. The second-order valence-corrected chi connectivity index (χ2v) is 14.0. The molecule has 1 aromatic heterocycles. The van der Waals surface area contributed by atoms with Crippen molar-refractivity contribution in [1.29, 1.82) is 0 Å². The molecule has 1 fully saturated rings. The Morgan fingerprint density at radius 1 is 0.714 bits per heavy atom. The van der Waals surface area contributed by atoms with Gasteiger partial charge in [-0.25, -0.2) is 0 Å². The van der Waals surface area contributed by atoms with Crippen LogP contribution in [0.5, 0.6) is 17.2 Å². The normalized spacial score (nSPS) is 14.7. The molecule has 0 unspecified atom stereocenters. The highest BCUT2D eigenvalue weighted by Crippen LogP contribution is 2.40. The van der Waals surface area contributed by atoms with Crippen molar-refractivity contribution in [3.8, 4) is 17.2 Å². The fraction of sp³-hybridized carbons (Fsp3) is 0.556. The minimum absolute atomic E-state index is 0.345. The Morgan fingerprint density at radius 3 is 2.00 bits per heavy atom. The van der Waals surface area contributed by atoms with E-state index in [1.54, 1.807) is 26.2 Å². The Bertz CT molecular complexity index is 1260. The first-order valence-electron chi connectivity index (χ1n) is 15.6. The second-order valence-electron chi connectivity index (χ2n) is 12.7. The lowest BCUT2D eigenvalue weighted by atomic mass is 9.84. The quantitative estimate of drug-likeness (QED) is 0.180. The van der Waals surface area contributed by atoms with Crippen molar-refractivity contribution in [3.63, 3.8) is 0 Å². The van der Waals surface area contributed by atoms with Crippen LogP contribution < -0.4 is 14.2 Å². The Hall–Kier alpha value is -2.54. The lowest BCUT2D eigenvalue weighted by Crippen LogP contribution is -2.46. The highest BCUT2D eigenvalue weighted by atomic mass is 32.1. The molecule has 4 rings (SSSR count). The van der Waals surface area contributed by atoms with E-state index in [9.17, 15) is 0 Å². The summed E-state index contributed by atoms with van der Waals surface area (Å²) < 4.78 is 16.7. The van der Waals surface area contributed by atoms with Gasteiger partial charge in [0.1, 0.15) is 0 Å². The maximum atomic E-state index is 5.70. The minimum Gasteiger partial charge on any atom is -0.493 e. The molecule has 0 saturated carbocycles. The fourth-order valence-corrected chi connectivity index (χ4v) is 7.18. The van der Waals surface area contributed by atoms with E-state index >= 15 is 0 Å². The largest absolute Gasteiger partial charge is 0.493 e. The number of rotatable bonds is 15. The van der Waals surface area contributed by atoms with Crippen LogP contribution in [0.15, 0.2) is 42.5 Å². The molecular formula is C36H52N2O3S. The van der Waals surface area contributed by atoms with Crippen LogP contribution in [0, 0.1) is 19.3 Å². The van der Waals surface area contributed by atoms with Gasteiger partial charge in [-0.15, -0.1) is 11.3 Å². The zero-order valence-electron chi connectivity index (χ0n) is 27.1. The molecule has 0 aliphatic carbocycles. The van der Waals surface area contributed by atoms with Crippen molar-refractivity contribution in [2.24, 2.45) is 5.41 Å². The van der Waals surface area contributed by atoms with Crippen LogP contribution in [-0.4, -0.2) is 63.9 Å². The third-order valence-corrected chi connectivity index (χ3v) is 9.89. The van der Waals surface area contributed by atoms with Crippen molar-refractivity contribution >= 4 is 11.3 Å². The number of thiophene rings is 1. The first-order valence-corrected chi connectivity index (χ1v) is 16.4. The predicted octanol–water partition coefficient (Wildman–Crippen LogP) is 7.73. The molecule has 230 valence electrons. The van der Waals surface area contributed by atoms with E-state index < -0.39 is 0 Å². The van der Waals surface area contributed by atoms with Crippen LogP contribution in [0.3, 0.4) is 0 Å². The predicted molar refractivity (Wildman–Crippen MR) is 177 cm³/mol. The SMILES string of the molecule is COc1ccc(CN2CCN(CCC(C)(C)CCc3ccc(CCCc4cc(C)cc(C)c4)s3)CC2)c(OC)c1OC. The molecule has 0 atom stereocenters. The van der Waals surface area contributed by atoms with Gasteiger partial charge in [0.25, 0.3) is 0 Å². The maximum absolute atomic E-state index is 5.70. The number of ether oxygens (including phenoxy) is 3. The zero-order chi connectivity index (χ0) is 30.1. The first-order chi connectivity index (χ1) is 20.2. The zero-order valence-corrected chi connectivity index (χ0v) is 27.9. The summed E-state index contributed by atoms with van der Waals surface area (Å²) >= 11 is 2.03. The topological polar surface area (TPSA) is 34.2 Å².